The minimum Gasteiger partial charge on any atom is -0.478 e. The maximum Gasteiger partial charge on any atom is 0.255 e. The van der Waals surface area contributed by atoms with E-state index in [1.807, 2.05) is 17.9 Å². The Morgan fingerprint density at radius 1 is 1.29 bits per heavy atom. The number of piperazine rings is 1. The van der Waals surface area contributed by atoms with E-state index in [0.29, 0.717) is 54.6 Å². The Hall–Kier alpha value is -3.11. The van der Waals surface area contributed by atoms with Crippen LogP contribution in [0.3, 0.4) is 0 Å². The molecule has 0 unspecified atom stereocenters. The molecule has 0 bridgehead atoms. The van der Waals surface area contributed by atoms with Crippen molar-refractivity contribution in [1.82, 2.24) is 9.88 Å². The van der Waals surface area contributed by atoms with Crippen molar-refractivity contribution in [3.8, 4) is 11.9 Å². The number of unbranched alkanes of at least 4 members (excludes halogenated alkanes) is 1. The van der Waals surface area contributed by atoms with Crippen LogP contribution in [0.5, 0.6) is 5.88 Å². The Morgan fingerprint density at radius 3 is 2.74 bits per heavy atom. The van der Waals surface area contributed by atoms with E-state index in [1.165, 1.54) is 6.20 Å². The number of nitrogens with zero attached hydrogens (tertiary/aromatic N) is 4. The predicted molar refractivity (Wildman–Crippen MR) is 119 cm³/mol. The van der Waals surface area contributed by atoms with Crippen LogP contribution in [0.15, 0.2) is 36.5 Å². The number of aldehydes is 1. The molecule has 2 atom stereocenters. The van der Waals surface area contributed by atoms with E-state index in [1.54, 1.807) is 24.3 Å². The highest BCUT2D eigenvalue weighted by Gasteiger charge is 2.33. The van der Waals surface area contributed by atoms with E-state index >= 15 is 0 Å². The number of pyridine rings is 1. The van der Waals surface area contributed by atoms with Gasteiger partial charge in [0.1, 0.15) is 12.4 Å². The summed E-state index contributed by atoms with van der Waals surface area (Å²) in [4.78, 5) is 31.7. The number of benzene rings is 1. The Kier molecular flexibility index (Phi) is 7.48. The van der Waals surface area contributed by atoms with Crippen LogP contribution in [0.1, 0.15) is 42.6 Å². The molecule has 0 N–H and O–H groups in total. The summed E-state index contributed by atoms with van der Waals surface area (Å²) in [5, 5.41) is 9.51. The monoisotopic (exact) mass is 440 g/mol. The van der Waals surface area contributed by atoms with Gasteiger partial charge >= 0.3 is 0 Å². The lowest BCUT2D eigenvalue weighted by Crippen LogP contribution is -2.58. The zero-order valence-electron chi connectivity index (χ0n) is 17.6. The molecule has 0 saturated carbocycles. The summed E-state index contributed by atoms with van der Waals surface area (Å²) in [5.41, 5.74) is 1.89. The van der Waals surface area contributed by atoms with Crippen LogP contribution in [0.2, 0.25) is 5.02 Å². The maximum atomic E-state index is 13.1. The molecule has 1 aliphatic rings. The van der Waals surface area contributed by atoms with E-state index in [4.69, 9.17) is 21.6 Å². The summed E-state index contributed by atoms with van der Waals surface area (Å²) in [5.74, 6) is 0.364. The first-order valence-corrected chi connectivity index (χ1v) is 10.6. The predicted octanol–water partition coefficient (Wildman–Crippen LogP) is 3.70. The SMILES string of the molecule is C[C@@H]1CN(c2ccc(C#N)c(Cl)c2)[C@@H](C)CN1C(=O)c1ccc(OCCCC=O)nc1. The lowest BCUT2D eigenvalue weighted by Gasteiger charge is -2.45. The highest BCUT2D eigenvalue weighted by Crippen LogP contribution is 2.28. The molecule has 1 aromatic carbocycles. The molecule has 2 heterocycles. The molecule has 7 nitrogen and oxygen atoms in total. The molecule has 1 aromatic heterocycles. The van der Waals surface area contributed by atoms with E-state index in [-0.39, 0.29) is 18.0 Å². The smallest absolute Gasteiger partial charge is 0.255 e. The fourth-order valence-electron chi connectivity index (χ4n) is 3.64. The van der Waals surface area contributed by atoms with Crippen LogP contribution in [-0.4, -0.2) is 53.9 Å². The van der Waals surface area contributed by atoms with Gasteiger partial charge in [-0.3, -0.25) is 4.79 Å². The highest BCUT2D eigenvalue weighted by atomic mass is 35.5. The molecule has 2 aromatic rings. The van der Waals surface area contributed by atoms with E-state index in [0.717, 1.165) is 12.0 Å². The zero-order chi connectivity index (χ0) is 22.4. The van der Waals surface area contributed by atoms with E-state index in [2.05, 4.69) is 22.9 Å². The van der Waals surface area contributed by atoms with Gasteiger partial charge in [0.15, 0.2) is 0 Å². The maximum absolute atomic E-state index is 13.1. The summed E-state index contributed by atoms with van der Waals surface area (Å²) < 4.78 is 5.48. The van der Waals surface area contributed by atoms with Gasteiger partial charge in [0.05, 0.1) is 22.8 Å². The lowest BCUT2D eigenvalue weighted by atomic mass is 10.0. The molecular weight excluding hydrogens is 416 g/mol. The third-order valence-corrected chi connectivity index (χ3v) is 5.66. The quantitative estimate of drug-likeness (QED) is 0.482. The molecule has 8 heteroatoms. The second kappa shape index (κ2) is 10.3. The van der Waals surface area contributed by atoms with Crippen molar-refractivity contribution < 1.29 is 14.3 Å². The summed E-state index contributed by atoms with van der Waals surface area (Å²) in [6.45, 7) is 5.70. The number of aromatic nitrogens is 1. The van der Waals surface area contributed by atoms with Crippen molar-refractivity contribution in [1.29, 1.82) is 5.26 Å². The first kappa shape index (κ1) is 22.6. The van der Waals surface area contributed by atoms with Gasteiger partial charge in [0.25, 0.3) is 5.91 Å². The van der Waals surface area contributed by atoms with Crippen LogP contribution >= 0.6 is 11.6 Å². The van der Waals surface area contributed by atoms with Crippen molar-refractivity contribution in [2.45, 2.75) is 38.8 Å². The summed E-state index contributed by atoms with van der Waals surface area (Å²) in [6, 6.07) is 11.0. The zero-order valence-corrected chi connectivity index (χ0v) is 18.4. The fourth-order valence-corrected chi connectivity index (χ4v) is 3.86. The van der Waals surface area contributed by atoms with Crippen LogP contribution in [0.25, 0.3) is 0 Å². The van der Waals surface area contributed by atoms with Crippen molar-refractivity contribution >= 4 is 29.5 Å². The van der Waals surface area contributed by atoms with Gasteiger partial charge in [-0.05, 0) is 44.5 Å². The van der Waals surface area contributed by atoms with Crippen LogP contribution < -0.4 is 9.64 Å². The molecule has 162 valence electrons. The summed E-state index contributed by atoms with van der Waals surface area (Å²) in [6.07, 6.45) is 3.47. The minimum absolute atomic E-state index is 0.0163. The normalized spacial score (nSPS) is 18.4. The topological polar surface area (TPSA) is 86.5 Å². The number of carbonyl (C=O) groups excluding carboxylic acids is 2. The number of carbonyl (C=O) groups is 2. The third-order valence-electron chi connectivity index (χ3n) is 5.35. The number of amides is 1. The van der Waals surface area contributed by atoms with Crippen molar-refractivity contribution in [3.63, 3.8) is 0 Å². The summed E-state index contributed by atoms with van der Waals surface area (Å²) in [7, 11) is 0. The number of hydrogen-bond donors (Lipinski definition) is 0. The number of rotatable bonds is 7. The van der Waals surface area contributed by atoms with Gasteiger partial charge in [0.2, 0.25) is 5.88 Å². The van der Waals surface area contributed by atoms with Crippen LogP contribution in [0.4, 0.5) is 5.69 Å². The minimum atomic E-state index is -0.0723. The standard InChI is InChI=1S/C23H25ClN4O3/c1-16-15-28(17(2)14-27(16)20-7-5-18(12-25)21(24)11-20)23(30)19-6-8-22(26-13-19)31-10-4-3-9-29/h5-9,11,13,16-17H,3-4,10,14-15H2,1-2H3/t16-,17+/m0/s1. The second-order valence-electron chi connectivity index (χ2n) is 7.63. The summed E-state index contributed by atoms with van der Waals surface area (Å²) >= 11 is 6.21. The number of nitriles is 1. The number of hydrogen-bond acceptors (Lipinski definition) is 6. The average Bonchev–Trinajstić information content (AvgIpc) is 2.78. The molecule has 0 aliphatic carbocycles. The van der Waals surface area contributed by atoms with Gasteiger partial charge in [-0.1, -0.05) is 11.6 Å². The van der Waals surface area contributed by atoms with E-state index < -0.39 is 0 Å². The number of anilines is 1. The van der Waals surface area contributed by atoms with Crippen molar-refractivity contribution in [2.24, 2.45) is 0 Å². The molecule has 3 rings (SSSR count). The first-order chi connectivity index (χ1) is 14.9. The van der Waals surface area contributed by atoms with Crippen LogP contribution in [0, 0.1) is 11.3 Å². The molecule has 1 aliphatic heterocycles. The van der Waals surface area contributed by atoms with Crippen LogP contribution in [-0.2, 0) is 4.79 Å². The number of ether oxygens (including phenoxy) is 1. The van der Waals surface area contributed by atoms with Gasteiger partial charge < -0.3 is 19.3 Å². The molecule has 0 radical (unpaired) electrons. The molecule has 1 amide bonds. The Labute approximate surface area is 187 Å². The lowest BCUT2D eigenvalue weighted by molar-refractivity contribution is -0.108. The molecule has 1 saturated heterocycles. The molecule has 0 spiro atoms. The van der Waals surface area contributed by atoms with Gasteiger partial charge in [-0.15, -0.1) is 0 Å². The second-order valence-corrected chi connectivity index (χ2v) is 8.03. The Balaban J connectivity index is 1.65. The largest absolute Gasteiger partial charge is 0.478 e. The first-order valence-electron chi connectivity index (χ1n) is 10.2. The molecule has 31 heavy (non-hydrogen) atoms. The van der Waals surface area contributed by atoms with Crippen molar-refractivity contribution in [2.75, 3.05) is 24.6 Å². The Morgan fingerprint density at radius 2 is 2.10 bits per heavy atom. The molecular formula is C23H25ClN4O3. The fraction of sp³-hybridized carbons (Fsp3) is 0.391. The van der Waals surface area contributed by atoms with E-state index in [9.17, 15) is 9.59 Å². The number of halogens is 1. The van der Waals surface area contributed by atoms with Gasteiger partial charge in [0, 0.05) is 49.5 Å². The van der Waals surface area contributed by atoms with Gasteiger partial charge in [-0.2, -0.15) is 5.26 Å². The third kappa shape index (κ3) is 5.33. The molecule has 1 fully saturated rings. The highest BCUT2D eigenvalue weighted by molar-refractivity contribution is 6.32. The average molecular weight is 441 g/mol. The van der Waals surface area contributed by atoms with Gasteiger partial charge in [-0.25, -0.2) is 4.98 Å². The Bertz CT molecular complexity index is 974. The van der Waals surface area contributed by atoms with Crippen molar-refractivity contribution in [3.05, 3.63) is 52.7 Å².